The first-order valence-electron chi connectivity index (χ1n) is 7.07. The molecule has 0 N–H and O–H groups in total. The van der Waals surface area contributed by atoms with E-state index in [0.29, 0.717) is 23.3 Å². The average Bonchev–Trinajstić information content (AvgIpc) is 3.13. The van der Waals surface area contributed by atoms with Crippen molar-refractivity contribution in [3.63, 3.8) is 0 Å². The first kappa shape index (κ1) is 13.1. The van der Waals surface area contributed by atoms with E-state index >= 15 is 0 Å². The number of rotatable bonds is 3. The topological polar surface area (TPSA) is 48.7 Å². The number of hydrogen-bond donors (Lipinski definition) is 0. The van der Waals surface area contributed by atoms with E-state index in [9.17, 15) is 4.79 Å². The van der Waals surface area contributed by atoms with Gasteiger partial charge in [0.15, 0.2) is 0 Å². The molecule has 4 rings (SSSR count). The zero-order valence-electron chi connectivity index (χ0n) is 12.0. The van der Waals surface area contributed by atoms with E-state index in [1.165, 1.54) is 7.11 Å². The third-order valence-corrected chi connectivity index (χ3v) is 4.05. The Labute approximate surface area is 127 Å². The minimum absolute atomic E-state index is 0.156. The SMILES string of the molecule is CO[C@]1(Cc2ccccc2)Oc2c(ccc3occc23)C1=O. The van der Waals surface area contributed by atoms with Crippen LogP contribution in [0.4, 0.5) is 0 Å². The molecule has 0 unspecified atom stereocenters. The number of furan rings is 1. The van der Waals surface area contributed by atoms with Gasteiger partial charge in [-0.3, -0.25) is 4.79 Å². The Kier molecular flexibility index (Phi) is 2.81. The molecule has 1 aromatic heterocycles. The lowest BCUT2D eigenvalue weighted by molar-refractivity contribution is -0.116. The Morgan fingerprint density at radius 3 is 2.68 bits per heavy atom. The molecule has 22 heavy (non-hydrogen) atoms. The van der Waals surface area contributed by atoms with Crippen LogP contribution in [0.1, 0.15) is 15.9 Å². The molecule has 0 saturated heterocycles. The van der Waals surface area contributed by atoms with E-state index in [1.807, 2.05) is 30.3 Å². The van der Waals surface area contributed by atoms with Gasteiger partial charge in [-0.2, -0.15) is 0 Å². The van der Waals surface area contributed by atoms with Crippen molar-refractivity contribution in [2.24, 2.45) is 0 Å². The summed E-state index contributed by atoms with van der Waals surface area (Å²) in [5.74, 6) is -0.930. The third-order valence-electron chi connectivity index (χ3n) is 4.05. The molecule has 0 aliphatic carbocycles. The van der Waals surface area contributed by atoms with Crippen LogP contribution in [-0.4, -0.2) is 18.7 Å². The number of hydrogen-bond acceptors (Lipinski definition) is 4. The minimum Gasteiger partial charge on any atom is -0.464 e. The molecule has 0 spiro atoms. The Bertz CT molecular complexity index is 850. The van der Waals surface area contributed by atoms with E-state index in [1.54, 1.807) is 24.5 Å². The smallest absolute Gasteiger partial charge is 0.279 e. The molecule has 1 aliphatic heterocycles. The number of benzene rings is 2. The van der Waals surface area contributed by atoms with Crippen molar-refractivity contribution in [1.29, 1.82) is 0 Å². The van der Waals surface area contributed by atoms with Crippen molar-refractivity contribution >= 4 is 16.8 Å². The standard InChI is InChI=1S/C18H14O4/c1-20-18(11-12-5-3-2-4-6-12)17(19)14-7-8-15-13(9-10-21-15)16(14)22-18/h2-10H,11H2,1H3/t18-/m1/s1. The van der Waals surface area contributed by atoms with E-state index in [2.05, 4.69) is 0 Å². The van der Waals surface area contributed by atoms with Gasteiger partial charge in [0.1, 0.15) is 11.3 Å². The summed E-state index contributed by atoms with van der Waals surface area (Å²) in [7, 11) is 1.50. The number of ketones is 1. The predicted octanol–water partition coefficient (Wildman–Crippen LogP) is 3.59. The van der Waals surface area contributed by atoms with Crippen molar-refractivity contribution in [3.05, 3.63) is 65.9 Å². The molecule has 1 atom stereocenters. The molecular weight excluding hydrogens is 280 g/mol. The second kappa shape index (κ2) is 4.71. The molecule has 2 aromatic carbocycles. The fourth-order valence-corrected chi connectivity index (χ4v) is 2.91. The maximum atomic E-state index is 12.8. The number of carbonyl (C=O) groups is 1. The molecule has 0 fully saturated rings. The van der Waals surface area contributed by atoms with Gasteiger partial charge in [0.25, 0.3) is 5.79 Å². The highest BCUT2D eigenvalue weighted by molar-refractivity contribution is 6.11. The summed E-state index contributed by atoms with van der Waals surface area (Å²) >= 11 is 0. The molecule has 110 valence electrons. The summed E-state index contributed by atoms with van der Waals surface area (Å²) in [4.78, 5) is 12.8. The number of Topliss-reactive ketones (excluding diaryl/α,β-unsaturated/α-hetero) is 1. The Morgan fingerprint density at radius 2 is 1.91 bits per heavy atom. The molecule has 0 amide bonds. The fraction of sp³-hybridized carbons (Fsp3) is 0.167. The molecule has 4 heteroatoms. The highest BCUT2D eigenvalue weighted by atomic mass is 16.7. The van der Waals surface area contributed by atoms with Crippen LogP contribution in [0.2, 0.25) is 0 Å². The van der Waals surface area contributed by atoms with Crippen LogP contribution < -0.4 is 4.74 Å². The Balaban J connectivity index is 1.80. The summed E-state index contributed by atoms with van der Waals surface area (Å²) in [6.07, 6.45) is 1.94. The second-order valence-electron chi connectivity index (χ2n) is 5.33. The van der Waals surface area contributed by atoms with Gasteiger partial charge in [0, 0.05) is 13.5 Å². The van der Waals surface area contributed by atoms with Crippen LogP contribution in [0, 0.1) is 0 Å². The summed E-state index contributed by atoms with van der Waals surface area (Å²) < 4.78 is 16.9. The van der Waals surface area contributed by atoms with Gasteiger partial charge in [-0.1, -0.05) is 30.3 Å². The molecule has 2 heterocycles. The third kappa shape index (κ3) is 1.77. The van der Waals surface area contributed by atoms with Crippen molar-refractivity contribution in [3.8, 4) is 5.75 Å². The maximum absolute atomic E-state index is 12.8. The van der Waals surface area contributed by atoms with Crippen LogP contribution in [-0.2, 0) is 11.2 Å². The van der Waals surface area contributed by atoms with E-state index in [4.69, 9.17) is 13.9 Å². The lowest BCUT2D eigenvalue weighted by Gasteiger charge is -2.25. The van der Waals surface area contributed by atoms with Crippen molar-refractivity contribution in [2.75, 3.05) is 7.11 Å². The molecular formula is C18H14O4. The summed E-state index contributed by atoms with van der Waals surface area (Å²) in [5, 5.41) is 0.790. The lowest BCUT2D eigenvalue weighted by Crippen LogP contribution is -2.44. The average molecular weight is 294 g/mol. The van der Waals surface area contributed by atoms with Crippen molar-refractivity contribution in [2.45, 2.75) is 12.2 Å². The zero-order valence-corrected chi connectivity index (χ0v) is 12.0. The molecule has 0 bridgehead atoms. The quantitative estimate of drug-likeness (QED) is 0.740. The summed E-state index contributed by atoms with van der Waals surface area (Å²) in [6.45, 7) is 0. The van der Waals surface area contributed by atoms with Crippen molar-refractivity contribution < 1.29 is 18.7 Å². The highest BCUT2D eigenvalue weighted by Gasteiger charge is 2.49. The van der Waals surface area contributed by atoms with Gasteiger partial charge >= 0.3 is 0 Å². The van der Waals surface area contributed by atoms with Gasteiger partial charge in [-0.25, -0.2) is 0 Å². The van der Waals surface area contributed by atoms with Crippen LogP contribution in [0.15, 0.2) is 59.2 Å². The monoisotopic (exact) mass is 294 g/mol. The lowest BCUT2D eigenvalue weighted by atomic mass is 9.98. The van der Waals surface area contributed by atoms with Crippen LogP contribution in [0.25, 0.3) is 11.0 Å². The largest absolute Gasteiger partial charge is 0.464 e. The first-order chi connectivity index (χ1) is 10.7. The van der Waals surface area contributed by atoms with E-state index < -0.39 is 5.79 Å². The van der Waals surface area contributed by atoms with Gasteiger partial charge in [-0.05, 0) is 23.8 Å². The molecule has 3 aromatic rings. The molecule has 4 nitrogen and oxygen atoms in total. The van der Waals surface area contributed by atoms with Crippen LogP contribution in [0.3, 0.4) is 0 Å². The zero-order chi connectivity index (χ0) is 15.2. The van der Waals surface area contributed by atoms with Crippen LogP contribution >= 0.6 is 0 Å². The number of fused-ring (bicyclic) bond motifs is 3. The predicted molar refractivity (Wildman–Crippen MR) is 81.1 cm³/mol. The Morgan fingerprint density at radius 1 is 1.09 bits per heavy atom. The van der Waals surface area contributed by atoms with Gasteiger partial charge < -0.3 is 13.9 Å². The minimum atomic E-state index is -1.31. The van der Waals surface area contributed by atoms with E-state index in [0.717, 1.165) is 10.9 Å². The van der Waals surface area contributed by atoms with Crippen LogP contribution in [0.5, 0.6) is 5.75 Å². The van der Waals surface area contributed by atoms with Gasteiger partial charge in [0.05, 0.1) is 17.2 Å². The molecule has 1 aliphatic rings. The summed E-state index contributed by atoms with van der Waals surface area (Å²) in [6, 6.07) is 15.0. The fourth-order valence-electron chi connectivity index (χ4n) is 2.91. The van der Waals surface area contributed by atoms with E-state index in [-0.39, 0.29) is 5.78 Å². The number of ether oxygens (including phenoxy) is 2. The van der Waals surface area contributed by atoms with Gasteiger partial charge in [-0.15, -0.1) is 0 Å². The second-order valence-corrected chi connectivity index (χ2v) is 5.33. The summed E-state index contributed by atoms with van der Waals surface area (Å²) in [5.41, 5.74) is 2.21. The first-order valence-corrected chi connectivity index (χ1v) is 7.07. The number of carbonyl (C=O) groups excluding carboxylic acids is 1. The normalized spacial score (nSPS) is 20.1. The molecule has 0 radical (unpaired) electrons. The highest BCUT2D eigenvalue weighted by Crippen LogP contribution is 2.42. The van der Waals surface area contributed by atoms with Gasteiger partial charge in [0.2, 0.25) is 5.78 Å². The number of methoxy groups -OCH3 is 1. The molecule has 0 saturated carbocycles. The van der Waals surface area contributed by atoms with Crippen molar-refractivity contribution in [1.82, 2.24) is 0 Å². The maximum Gasteiger partial charge on any atom is 0.279 e. The Hall–Kier alpha value is -2.59.